The molecule has 1 amide bonds. The molecule has 0 saturated carbocycles. The molecule has 1 saturated heterocycles. The monoisotopic (exact) mass is 429 g/mol. The van der Waals surface area contributed by atoms with Crippen LogP contribution in [0.25, 0.3) is 22.6 Å². The molecule has 0 atom stereocenters. The molecule has 1 fully saturated rings. The Balaban J connectivity index is 1.53. The zero-order chi connectivity index (χ0) is 21.9. The number of nitrogens with zero attached hydrogens (tertiary/aromatic N) is 6. The van der Waals surface area contributed by atoms with Gasteiger partial charge >= 0.3 is 0 Å². The first-order chi connectivity index (χ1) is 15.7. The maximum absolute atomic E-state index is 12.0. The van der Waals surface area contributed by atoms with Crippen LogP contribution in [-0.4, -0.2) is 55.5 Å². The molecular weight excluding hydrogens is 406 g/mol. The Kier molecular flexibility index (Phi) is 5.37. The van der Waals surface area contributed by atoms with E-state index in [1.807, 2.05) is 45.9 Å². The fraction of sp³-hybridized carbons (Fsp3) is 0.261. The minimum atomic E-state index is 0.209. The second kappa shape index (κ2) is 8.62. The van der Waals surface area contributed by atoms with Crippen molar-refractivity contribution in [3.05, 3.63) is 55.0 Å². The van der Waals surface area contributed by atoms with Crippen LogP contribution in [-0.2, 0) is 11.3 Å². The topological polar surface area (TPSA) is 98.1 Å². The van der Waals surface area contributed by atoms with Crippen LogP contribution in [0.5, 0.6) is 5.88 Å². The molecule has 0 spiro atoms. The predicted molar refractivity (Wildman–Crippen MR) is 121 cm³/mol. The van der Waals surface area contributed by atoms with Crippen molar-refractivity contribution >= 4 is 28.6 Å². The van der Waals surface area contributed by atoms with Gasteiger partial charge in [0.25, 0.3) is 0 Å². The number of amides is 1. The van der Waals surface area contributed by atoms with E-state index in [0.717, 1.165) is 24.2 Å². The van der Waals surface area contributed by atoms with E-state index in [1.165, 1.54) is 0 Å². The average molecular weight is 429 g/mol. The van der Waals surface area contributed by atoms with Crippen LogP contribution < -0.4 is 10.1 Å². The third-order valence-electron chi connectivity index (χ3n) is 5.49. The van der Waals surface area contributed by atoms with Gasteiger partial charge in [-0.25, -0.2) is 19.9 Å². The highest BCUT2D eigenvalue weighted by atomic mass is 16.5. The van der Waals surface area contributed by atoms with Gasteiger partial charge in [0.15, 0.2) is 22.8 Å². The standard InChI is InChI=1S/C23H23N7O2/c1-32-18-10-9-16(14-24-18)21-27-22(26-17-6-3-2-4-7-17)20-23(28-21)30(15-25-20)13-12-29-11-5-8-19(29)31/h2-4,6-7,9-10,14-15H,5,8,11-13H2,1H3,(H,26,27,28). The molecule has 1 aromatic carbocycles. The number of rotatable bonds is 7. The van der Waals surface area contributed by atoms with Gasteiger partial charge in [-0.1, -0.05) is 18.2 Å². The van der Waals surface area contributed by atoms with Gasteiger partial charge < -0.3 is 19.5 Å². The molecule has 0 bridgehead atoms. The van der Waals surface area contributed by atoms with Gasteiger partial charge in [-0.3, -0.25) is 4.79 Å². The number of benzene rings is 1. The number of imidazole rings is 1. The molecule has 3 aromatic heterocycles. The molecule has 162 valence electrons. The first-order valence-corrected chi connectivity index (χ1v) is 10.5. The quantitative estimate of drug-likeness (QED) is 0.481. The van der Waals surface area contributed by atoms with E-state index in [-0.39, 0.29) is 5.91 Å². The van der Waals surface area contributed by atoms with E-state index in [0.29, 0.717) is 48.2 Å². The summed E-state index contributed by atoms with van der Waals surface area (Å²) in [6.45, 7) is 2.06. The number of aromatic nitrogens is 5. The van der Waals surface area contributed by atoms with Crippen molar-refractivity contribution in [1.29, 1.82) is 0 Å². The summed E-state index contributed by atoms with van der Waals surface area (Å²) in [7, 11) is 1.58. The van der Waals surface area contributed by atoms with Crippen molar-refractivity contribution in [3.8, 4) is 17.3 Å². The van der Waals surface area contributed by atoms with E-state index >= 15 is 0 Å². The number of carbonyl (C=O) groups excluding carboxylic acids is 1. The third-order valence-corrected chi connectivity index (χ3v) is 5.49. The van der Waals surface area contributed by atoms with Crippen molar-refractivity contribution < 1.29 is 9.53 Å². The first kappa shape index (κ1) is 19.9. The number of carbonyl (C=O) groups is 1. The number of anilines is 2. The van der Waals surface area contributed by atoms with Crippen molar-refractivity contribution in [2.75, 3.05) is 25.5 Å². The molecule has 0 aliphatic carbocycles. The number of methoxy groups -OCH3 is 1. The number of pyridine rings is 1. The normalized spacial score (nSPS) is 13.7. The van der Waals surface area contributed by atoms with Crippen LogP contribution in [0.1, 0.15) is 12.8 Å². The summed E-state index contributed by atoms with van der Waals surface area (Å²) < 4.78 is 7.13. The van der Waals surface area contributed by atoms with E-state index in [2.05, 4.69) is 15.3 Å². The summed E-state index contributed by atoms with van der Waals surface area (Å²) in [5.41, 5.74) is 3.05. The van der Waals surface area contributed by atoms with Crippen LogP contribution >= 0.6 is 0 Å². The molecule has 4 aromatic rings. The smallest absolute Gasteiger partial charge is 0.222 e. The van der Waals surface area contributed by atoms with E-state index in [9.17, 15) is 4.79 Å². The van der Waals surface area contributed by atoms with Crippen LogP contribution in [0, 0.1) is 0 Å². The molecule has 1 N–H and O–H groups in total. The molecule has 9 nitrogen and oxygen atoms in total. The lowest BCUT2D eigenvalue weighted by atomic mass is 10.2. The Morgan fingerprint density at radius 2 is 1.94 bits per heavy atom. The van der Waals surface area contributed by atoms with Gasteiger partial charge in [0, 0.05) is 49.6 Å². The van der Waals surface area contributed by atoms with Gasteiger partial charge in [-0.05, 0) is 24.6 Å². The summed E-state index contributed by atoms with van der Waals surface area (Å²) in [4.78, 5) is 32.3. The number of likely N-dealkylation sites (tertiary alicyclic amines) is 1. The number of para-hydroxylation sites is 1. The zero-order valence-electron chi connectivity index (χ0n) is 17.7. The number of ether oxygens (including phenoxy) is 1. The summed E-state index contributed by atoms with van der Waals surface area (Å²) >= 11 is 0. The highest BCUT2D eigenvalue weighted by Gasteiger charge is 2.21. The zero-order valence-corrected chi connectivity index (χ0v) is 17.7. The molecule has 0 radical (unpaired) electrons. The minimum Gasteiger partial charge on any atom is -0.481 e. The number of nitrogens with one attached hydrogen (secondary N) is 1. The summed E-state index contributed by atoms with van der Waals surface area (Å²) in [5, 5.41) is 3.36. The van der Waals surface area contributed by atoms with Crippen LogP contribution in [0.4, 0.5) is 11.5 Å². The summed E-state index contributed by atoms with van der Waals surface area (Å²) in [6.07, 6.45) is 5.00. The fourth-order valence-electron chi connectivity index (χ4n) is 3.78. The fourth-order valence-corrected chi connectivity index (χ4v) is 3.78. The van der Waals surface area contributed by atoms with Crippen LogP contribution in [0.3, 0.4) is 0 Å². The molecule has 5 rings (SSSR count). The Morgan fingerprint density at radius 1 is 1.06 bits per heavy atom. The molecule has 32 heavy (non-hydrogen) atoms. The van der Waals surface area contributed by atoms with Crippen LogP contribution in [0.2, 0.25) is 0 Å². The lowest BCUT2D eigenvalue weighted by Crippen LogP contribution is -2.28. The lowest BCUT2D eigenvalue weighted by Gasteiger charge is -2.16. The second-order valence-corrected chi connectivity index (χ2v) is 7.57. The average Bonchev–Trinajstić information content (AvgIpc) is 3.44. The lowest BCUT2D eigenvalue weighted by molar-refractivity contribution is -0.127. The van der Waals surface area contributed by atoms with Gasteiger partial charge in [-0.2, -0.15) is 0 Å². The van der Waals surface area contributed by atoms with Gasteiger partial charge in [0.2, 0.25) is 11.8 Å². The van der Waals surface area contributed by atoms with Gasteiger partial charge in [0.1, 0.15) is 0 Å². The number of fused-ring (bicyclic) bond motifs is 1. The van der Waals surface area contributed by atoms with Crippen molar-refractivity contribution in [2.45, 2.75) is 19.4 Å². The minimum absolute atomic E-state index is 0.209. The van der Waals surface area contributed by atoms with Crippen molar-refractivity contribution in [1.82, 2.24) is 29.4 Å². The predicted octanol–water partition coefficient (Wildman–Crippen LogP) is 3.26. The Labute approximate surface area is 185 Å². The molecule has 0 unspecified atom stereocenters. The molecule has 9 heteroatoms. The Morgan fingerprint density at radius 3 is 2.66 bits per heavy atom. The van der Waals surface area contributed by atoms with Crippen molar-refractivity contribution in [3.63, 3.8) is 0 Å². The highest BCUT2D eigenvalue weighted by Crippen LogP contribution is 2.27. The maximum Gasteiger partial charge on any atom is 0.222 e. The Bertz CT molecular complexity index is 1240. The first-order valence-electron chi connectivity index (χ1n) is 10.5. The number of hydrogen-bond donors (Lipinski definition) is 1. The highest BCUT2D eigenvalue weighted by molar-refractivity contribution is 5.87. The molecule has 1 aliphatic heterocycles. The maximum atomic E-state index is 12.0. The second-order valence-electron chi connectivity index (χ2n) is 7.57. The van der Waals surface area contributed by atoms with E-state index < -0.39 is 0 Å². The SMILES string of the molecule is COc1ccc(-c2nc(Nc3ccccc3)c3ncn(CCN4CCCC4=O)c3n2)cn1. The van der Waals surface area contributed by atoms with Crippen LogP contribution in [0.15, 0.2) is 55.0 Å². The van der Waals surface area contributed by atoms with Gasteiger partial charge in [-0.15, -0.1) is 0 Å². The molecular formula is C23H23N7O2. The van der Waals surface area contributed by atoms with E-state index in [4.69, 9.17) is 14.7 Å². The largest absolute Gasteiger partial charge is 0.481 e. The van der Waals surface area contributed by atoms with Gasteiger partial charge in [0.05, 0.1) is 13.4 Å². The number of hydrogen-bond acceptors (Lipinski definition) is 7. The van der Waals surface area contributed by atoms with E-state index in [1.54, 1.807) is 25.7 Å². The van der Waals surface area contributed by atoms with Crippen molar-refractivity contribution in [2.24, 2.45) is 0 Å². The molecule has 1 aliphatic rings. The summed E-state index contributed by atoms with van der Waals surface area (Å²) in [6, 6.07) is 13.5. The Hall–Kier alpha value is -4.01. The third kappa shape index (κ3) is 3.96. The summed E-state index contributed by atoms with van der Waals surface area (Å²) in [5.74, 6) is 1.88. The molecule has 4 heterocycles.